The molecule has 2 nitrogen and oxygen atoms in total. The van der Waals surface area contributed by atoms with Gasteiger partial charge in [0, 0.05) is 28.6 Å². The Hall–Kier alpha value is -0.410. The average molecular weight is 302 g/mol. The Bertz CT molecular complexity index is 367. The standard InChI is InChI=1S/C15H24ClNOS/c1-2-3-4-5-6-7-10-19(18)13-15-9-8-14(11-16)12-17-15/h8-9,12H,2-7,10-11,13H2,1H3. The van der Waals surface area contributed by atoms with Gasteiger partial charge in [-0.05, 0) is 18.1 Å². The maximum atomic E-state index is 11.9. The van der Waals surface area contributed by atoms with Crippen molar-refractivity contribution in [3.8, 4) is 0 Å². The van der Waals surface area contributed by atoms with Crippen molar-refractivity contribution in [1.82, 2.24) is 4.98 Å². The van der Waals surface area contributed by atoms with E-state index in [0.29, 0.717) is 11.6 Å². The Morgan fingerprint density at radius 1 is 1.16 bits per heavy atom. The molecule has 0 aliphatic rings. The van der Waals surface area contributed by atoms with Crippen molar-refractivity contribution in [3.63, 3.8) is 0 Å². The summed E-state index contributed by atoms with van der Waals surface area (Å²) in [5, 5.41) is 0. The lowest BCUT2D eigenvalue weighted by atomic mass is 10.1. The van der Waals surface area contributed by atoms with Crippen LogP contribution < -0.4 is 0 Å². The maximum Gasteiger partial charge on any atom is 0.0658 e. The van der Waals surface area contributed by atoms with Crippen molar-refractivity contribution in [2.24, 2.45) is 0 Å². The SMILES string of the molecule is CCCCCCCCS(=O)Cc1ccc(CCl)cn1. The number of hydrogen-bond donors (Lipinski definition) is 0. The molecular weight excluding hydrogens is 278 g/mol. The predicted molar refractivity (Wildman–Crippen MR) is 83.9 cm³/mol. The van der Waals surface area contributed by atoms with Gasteiger partial charge in [0.2, 0.25) is 0 Å². The van der Waals surface area contributed by atoms with Crippen molar-refractivity contribution in [1.29, 1.82) is 0 Å². The van der Waals surface area contributed by atoms with Crippen LogP contribution in [0.15, 0.2) is 18.3 Å². The van der Waals surface area contributed by atoms with Crippen molar-refractivity contribution in [2.75, 3.05) is 5.75 Å². The topological polar surface area (TPSA) is 30.0 Å². The lowest BCUT2D eigenvalue weighted by molar-refractivity contribution is 0.622. The molecule has 108 valence electrons. The first-order valence-corrected chi connectivity index (χ1v) is 9.13. The van der Waals surface area contributed by atoms with Crippen LogP contribution in [0.4, 0.5) is 0 Å². The molecule has 4 heteroatoms. The van der Waals surface area contributed by atoms with E-state index >= 15 is 0 Å². The van der Waals surface area contributed by atoms with Crippen LogP contribution in [0, 0.1) is 0 Å². The molecule has 0 saturated carbocycles. The van der Waals surface area contributed by atoms with Crippen LogP contribution >= 0.6 is 11.6 Å². The van der Waals surface area contributed by atoms with Crippen LogP contribution in [-0.2, 0) is 22.4 Å². The molecule has 0 fully saturated rings. The Labute approximate surface area is 124 Å². The van der Waals surface area contributed by atoms with Gasteiger partial charge in [0.1, 0.15) is 0 Å². The predicted octanol–water partition coefficient (Wildman–Crippen LogP) is 4.43. The Morgan fingerprint density at radius 2 is 1.89 bits per heavy atom. The second-order valence-electron chi connectivity index (χ2n) is 4.85. The van der Waals surface area contributed by atoms with Gasteiger partial charge < -0.3 is 0 Å². The van der Waals surface area contributed by atoms with Gasteiger partial charge >= 0.3 is 0 Å². The number of alkyl halides is 1. The van der Waals surface area contributed by atoms with Crippen LogP contribution in [-0.4, -0.2) is 14.9 Å². The number of pyridine rings is 1. The highest BCUT2D eigenvalue weighted by Gasteiger charge is 2.03. The van der Waals surface area contributed by atoms with Gasteiger partial charge in [0.05, 0.1) is 11.4 Å². The van der Waals surface area contributed by atoms with Crippen LogP contribution in [0.3, 0.4) is 0 Å². The van der Waals surface area contributed by atoms with Gasteiger partial charge in [-0.1, -0.05) is 45.1 Å². The van der Waals surface area contributed by atoms with E-state index < -0.39 is 10.8 Å². The van der Waals surface area contributed by atoms with E-state index in [9.17, 15) is 4.21 Å². The van der Waals surface area contributed by atoms with Gasteiger partial charge in [-0.15, -0.1) is 11.6 Å². The number of aromatic nitrogens is 1. The summed E-state index contributed by atoms with van der Waals surface area (Å²) in [5.74, 6) is 1.84. The molecule has 1 aromatic rings. The lowest BCUT2D eigenvalue weighted by Gasteiger charge is -2.03. The average Bonchev–Trinajstić information content (AvgIpc) is 2.43. The zero-order valence-electron chi connectivity index (χ0n) is 11.7. The van der Waals surface area contributed by atoms with E-state index in [1.807, 2.05) is 12.1 Å². The summed E-state index contributed by atoms with van der Waals surface area (Å²) in [6, 6.07) is 3.88. The summed E-state index contributed by atoms with van der Waals surface area (Å²) in [4.78, 5) is 4.28. The first-order chi connectivity index (χ1) is 9.26. The molecule has 1 rings (SSSR count). The molecule has 1 atom stereocenters. The molecule has 0 aliphatic heterocycles. The third-order valence-corrected chi connectivity index (χ3v) is 4.75. The van der Waals surface area contributed by atoms with E-state index in [1.54, 1.807) is 6.20 Å². The van der Waals surface area contributed by atoms with Crippen molar-refractivity contribution in [2.45, 2.75) is 57.1 Å². The maximum absolute atomic E-state index is 11.9. The number of hydrogen-bond acceptors (Lipinski definition) is 2. The van der Waals surface area contributed by atoms with E-state index in [1.165, 1.54) is 32.1 Å². The van der Waals surface area contributed by atoms with Crippen LogP contribution in [0.1, 0.15) is 56.7 Å². The van der Waals surface area contributed by atoms with Crippen LogP contribution in [0.25, 0.3) is 0 Å². The molecule has 0 aliphatic carbocycles. The zero-order chi connectivity index (χ0) is 13.9. The van der Waals surface area contributed by atoms with Crippen LogP contribution in [0.5, 0.6) is 0 Å². The number of rotatable bonds is 10. The molecule has 0 amide bonds. The molecular formula is C15H24ClNOS. The Balaban J connectivity index is 2.16. The van der Waals surface area contributed by atoms with E-state index in [-0.39, 0.29) is 0 Å². The summed E-state index contributed by atoms with van der Waals surface area (Å²) in [6.45, 7) is 2.22. The highest BCUT2D eigenvalue weighted by molar-refractivity contribution is 7.84. The van der Waals surface area contributed by atoms with Gasteiger partial charge in [-0.2, -0.15) is 0 Å². The molecule has 0 saturated heterocycles. The van der Waals surface area contributed by atoms with Crippen LogP contribution in [0.2, 0.25) is 0 Å². The summed E-state index contributed by atoms with van der Waals surface area (Å²) >= 11 is 5.71. The Kier molecular flexibility index (Phi) is 9.10. The second-order valence-corrected chi connectivity index (χ2v) is 6.69. The van der Waals surface area contributed by atoms with Gasteiger partial charge in [-0.25, -0.2) is 0 Å². The quantitative estimate of drug-likeness (QED) is 0.473. The van der Waals surface area contributed by atoms with Gasteiger partial charge in [0.15, 0.2) is 0 Å². The fourth-order valence-corrected chi connectivity index (χ4v) is 3.23. The number of unbranched alkanes of at least 4 members (excludes halogenated alkanes) is 5. The summed E-state index contributed by atoms with van der Waals surface area (Å²) < 4.78 is 11.9. The smallest absolute Gasteiger partial charge is 0.0658 e. The third kappa shape index (κ3) is 7.68. The van der Waals surface area contributed by atoms with Crippen molar-refractivity contribution < 1.29 is 4.21 Å². The first kappa shape index (κ1) is 16.6. The zero-order valence-corrected chi connectivity index (χ0v) is 13.3. The highest BCUT2D eigenvalue weighted by Crippen LogP contribution is 2.08. The largest absolute Gasteiger partial charge is 0.260 e. The first-order valence-electron chi connectivity index (χ1n) is 7.11. The van der Waals surface area contributed by atoms with Gasteiger partial charge in [0.25, 0.3) is 0 Å². The monoisotopic (exact) mass is 301 g/mol. The number of halogens is 1. The summed E-state index contributed by atoms with van der Waals surface area (Å²) in [6.07, 6.45) is 9.21. The van der Waals surface area contributed by atoms with Crippen molar-refractivity contribution >= 4 is 22.4 Å². The molecule has 19 heavy (non-hydrogen) atoms. The molecule has 1 aromatic heterocycles. The minimum atomic E-state index is -0.782. The summed E-state index contributed by atoms with van der Waals surface area (Å²) in [7, 11) is -0.782. The molecule has 0 bridgehead atoms. The summed E-state index contributed by atoms with van der Waals surface area (Å²) in [5.41, 5.74) is 1.91. The Morgan fingerprint density at radius 3 is 2.53 bits per heavy atom. The molecule has 0 N–H and O–H groups in total. The minimum absolute atomic E-state index is 0.480. The van der Waals surface area contributed by atoms with Crippen molar-refractivity contribution in [3.05, 3.63) is 29.6 Å². The normalized spacial score (nSPS) is 12.5. The van der Waals surface area contributed by atoms with Gasteiger partial charge in [-0.3, -0.25) is 9.19 Å². The fourth-order valence-electron chi connectivity index (χ4n) is 1.90. The van der Waals surface area contributed by atoms with E-state index in [4.69, 9.17) is 11.6 Å². The molecule has 1 heterocycles. The molecule has 0 aromatic carbocycles. The number of nitrogens with zero attached hydrogens (tertiary/aromatic N) is 1. The third-order valence-electron chi connectivity index (χ3n) is 3.07. The molecule has 0 radical (unpaired) electrons. The molecule has 1 unspecified atom stereocenters. The molecule has 0 spiro atoms. The minimum Gasteiger partial charge on any atom is -0.260 e. The second kappa shape index (κ2) is 10.4. The highest BCUT2D eigenvalue weighted by atomic mass is 35.5. The van der Waals surface area contributed by atoms with E-state index in [2.05, 4.69) is 11.9 Å². The fraction of sp³-hybridized carbons (Fsp3) is 0.667. The lowest BCUT2D eigenvalue weighted by Crippen LogP contribution is -2.03. The van der Waals surface area contributed by atoms with E-state index in [0.717, 1.165) is 23.4 Å².